The van der Waals surface area contributed by atoms with E-state index < -0.39 is 10.0 Å². The Morgan fingerprint density at radius 1 is 1.32 bits per heavy atom. The van der Waals surface area contributed by atoms with Crippen LogP contribution < -0.4 is 5.32 Å². The first-order chi connectivity index (χ1) is 12.1. The minimum atomic E-state index is -3.10. The number of nitrogens with one attached hydrogen (secondary N) is 1. The standard InChI is InChI=1S/C17H21N5O2S/c18-8-13-3-6-17-20-10-15(22(17)11-13)9-19-14-2-1-7-21(12-14)25(23,24)16-4-5-16/h3,6,10-11,14,16,19H,1-2,4-5,7,9,12H2/t14-/m1/s1. The molecular formula is C17H21N5O2S. The number of imidazole rings is 1. The lowest BCUT2D eigenvalue weighted by molar-refractivity contribution is 0.281. The molecule has 0 unspecified atom stereocenters. The second kappa shape index (κ2) is 6.41. The van der Waals surface area contributed by atoms with Gasteiger partial charge in [-0.05, 0) is 37.8 Å². The fourth-order valence-electron chi connectivity index (χ4n) is 3.39. The van der Waals surface area contributed by atoms with E-state index in [0.717, 1.165) is 37.0 Å². The Morgan fingerprint density at radius 3 is 2.92 bits per heavy atom. The molecule has 1 aliphatic carbocycles. The summed E-state index contributed by atoms with van der Waals surface area (Å²) < 4.78 is 28.4. The monoisotopic (exact) mass is 359 g/mol. The normalized spacial score (nSPS) is 22.1. The van der Waals surface area contributed by atoms with Crippen LogP contribution in [0.3, 0.4) is 0 Å². The molecule has 0 bridgehead atoms. The van der Waals surface area contributed by atoms with E-state index in [-0.39, 0.29) is 11.3 Å². The van der Waals surface area contributed by atoms with Crippen LogP contribution in [0.25, 0.3) is 5.65 Å². The van der Waals surface area contributed by atoms with Crippen LogP contribution in [0.1, 0.15) is 36.9 Å². The summed E-state index contributed by atoms with van der Waals surface area (Å²) in [6.45, 7) is 1.77. The van der Waals surface area contributed by atoms with Crippen molar-refractivity contribution in [1.82, 2.24) is 19.0 Å². The lowest BCUT2D eigenvalue weighted by Crippen LogP contribution is -2.48. The van der Waals surface area contributed by atoms with E-state index in [1.165, 1.54) is 0 Å². The fourth-order valence-corrected chi connectivity index (χ4v) is 5.32. The molecule has 2 fully saturated rings. The summed E-state index contributed by atoms with van der Waals surface area (Å²) in [7, 11) is -3.10. The highest BCUT2D eigenvalue weighted by atomic mass is 32.2. The summed E-state index contributed by atoms with van der Waals surface area (Å²) in [6, 6.07) is 5.86. The van der Waals surface area contributed by atoms with Crippen molar-refractivity contribution >= 4 is 15.7 Å². The highest BCUT2D eigenvalue weighted by Gasteiger charge is 2.41. The molecule has 7 nitrogen and oxygen atoms in total. The van der Waals surface area contributed by atoms with Crippen LogP contribution >= 0.6 is 0 Å². The molecule has 1 N–H and O–H groups in total. The number of sulfonamides is 1. The number of piperidine rings is 1. The van der Waals surface area contributed by atoms with E-state index in [1.54, 1.807) is 22.8 Å². The van der Waals surface area contributed by atoms with Crippen LogP contribution in [0.2, 0.25) is 0 Å². The highest BCUT2D eigenvalue weighted by molar-refractivity contribution is 7.90. The predicted octanol–water partition coefficient (Wildman–Crippen LogP) is 1.25. The van der Waals surface area contributed by atoms with Gasteiger partial charge in [-0.1, -0.05) is 0 Å². The lowest BCUT2D eigenvalue weighted by atomic mass is 10.1. The third-order valence-electron chi connectivity index (χ3n) is 4.97. The number of nitrogens with zero attached hydrogens (tertiary/aromatic N) is 4. The van der Waals surface area contributed by atoms with Crippen LogP contribution in [0.15, 0.2) is 24.5 Å². The van der Waals surface area contributed by atoms with Gasteiger partial charge >= 0.3 is 0 Å². The van der Waals surface area contributed by atoms with E-state index in [0.29, 0.717) is 25.2 Å². The Balaban J connectivity index is 1.44. The van der Waals surface area contributed by atoms with E-state index in [4.69, 9.17) is 5.26 Å². The second-order valence-corrected chi connectivity index (χ2v) is 9.04. The SMILES string of the molecule is N#Cc1ccc2ncc(CN[C@@H]3CCCN(S(=O)(=O)C4CC4)C3)n2c1. The van der Waals surface area contributed by atoms with E-state index in [2.05, 4.69) is 16.4 Å². The van der Waals surface area contributed by atoms with Gasteiger partial charge in [0.1, 0.15) is 11.7 Å². The van der Waals surface area contributed by atoms with Gasteiger partial charge in [-0.25, -0.2) is 17.7 Å². The Hall–Kier alpha value is -1.95. The van der Waals surface area contributed by atoms with Crippen LogP contribution in [0.5, 0.6) is 0 Å². The Labute approximate surface area is 147 Å². The molecule has 3 heterocycles. The molecule has 132 valence electrons. The molecule has 1 saturated carbocycles. The lowest BCUT2D eigenvalue weighted by Gasteiger charge is -2.32. The molecule has 2 aliphatic rings. The summed E-state index contributed by atoms with van der Waals surface area (Å²) >= 11 is 0. The maximum Gasteiger partial charge on any atom is 0.217 e. The fraction of sp³-hybridized carbons (Fsp3) is 0.529. The zero-order chi connectivity index (χ0) is 17.4. The molecule has 2 aromatic rings. The largest absolute Gasteiger partial charge is 0.307 e. The molecule has 25 heavy (non-hydrogen) atoms. The zero-order valence-corrected chi connectivity index (χ0v) is 14.7. The van der Waals surface area contributed by atoms with Gasteiger partial charge in [0.05, 0.1) is 22.7 Å². The molecule has 0 aromatic carbocycles. The van der Waals surface area contributed by atoms with Gasteiger partial charge in [0.25, 0.3) is 0 Å². The average Bonchev–Trinajstić information content (AvgIpc) is 3.42. The van der Waals surface area contributed by atoms with Crippen LogP contribution in [-0.4, -0.2) is 46.5 Å². The van der Waals surface area contributed by atoms with Gasteiger partial charge in [-0.3, -0.25) is 0 Å². The Morgan fingerprint density at radius 2 is 2.16 bits per heavy atom. The number of rotatable bonds is 5. The molecule has 8 heteroatoms. The first-order valence-electron chi connectivity index (χ1n) is 8.66. The molecule has 1 atom stereocenters. The minimum absolute atomic E-state index is 0.144. The van der Waals surface area contributed by atoms with Gasteiger partial charge in [-0.2, -0.15) is 5.26 Å². The smallest absolute Gasteiger partial charge is 0.217 e. The topological polar surface area (TPSA) is 90.5 Å². The summed E-state index contributed by atoms with van der Waals surface area (Å²) in [4.78, 5) is 4.35. The van der Waals surface area contributed by atoms with Gasteiger partial charge < -0.3 is 9.72 Å². The quantitative estimate of drug-likeness (QED) is 0.868. The zero-order valence-electron chi connectivity index (χ0n) is 13.9. The van der Waals surface area contributed by atoms with Crippen molar-refractivity contribution in [3.8, 4) is 6.07 Å². The van der Waals surface area contributed by atoms with Crippen LogP contribution in [-0.2, 0) is 16.6 Å². The number of hydrogen-bond acceptors (Lipinski definition) is 5. The van der Waals surface area contributed by atoms with Crippen molar-refractivity contribution in [3.05, 3.63) is 35.8 Å². The maximum atomic E-state index is 12.4. The van der Waals surface area contributed by atoms with Crippen molar-refractivity contribution in [2.45, 2.75) is 43.5 Å². The Kier molecular flexibility index (Phi) is 4.23. The minimum Gasteiger partial charge on any atom is -0.307 e. The number of hydrogen-bond donors (Lipinski definition) is 1. The molecular weight excluding hydrogens is 338 g/mol. The summed E-state index contributed by atoms with van der Waals surface area (Å²) in [6.07, 6.45) is 7.04. The summed E-state index contributed by atoms with van der Waals surface area (Å²) in [5.41, 5.74) is 2.36. The van der Waals surface area contributed by atoms with Crippen molar-refractivity contribution in [2.24, 2.45) is 0 Å². The molecule has 1 saturated heterocycles. The van der Waals surface area contributed by atoms with Crippen molar-refractivity contribution < 1.29 is 8.42 Å². The van der Waals surface area contributed by atoms with Crippen LogP contribution in [0.4, 0.5) is 0 Å². The molecule has 0 spiro atoms. The van der Waals surface area contributed by atoms with Crippen molar-refractivity contribution in [3.63, 3.8) is 0 Å². The van der Waals surface area contributed by atoms with Crippen molar-refractivity contribution in [1.29, 1.82) is 5.26 Å². The number of pyridine rings is 1. The van der Waals surface area contributed by atoms with Crippen molar-refractivity contribution in [2.75, 3.05) is 13.1 Å². The predicted molar refractivity (Wildman–Crippen MR) is 93.3 cm³/mol. The first-order valence-corrected chi connectivity index (χ1v) is 10.2. The van der Waals surface area contributed by atoms with Gasteiger partial charge in [-0.15, -0.1) is 0 Å². The third kappa shape index (κ3) is 3.27. The van der Waals surface area contributed by atoms with Gasteiger partial charge in [0.2, 0.25) is 10.0 Å². The summed E-state index contributed by atoms with van der Waals surface area (Å²) in [5, 5.41) is 12.4. The van der Waals surface area contributed by atoms with Gasteiger partial charge in [0.15, 0.2) is 0 Å². The maximum absolute atomic E-state index is 12.4. The first kappa shape index (κ1) is 16.5. The highest BCUT2D eigenvalue weighted by Crippen LogP contribution is 2.32. The molecule has 2 aromatic heterocycles. The van der Waals surface area contributed by atoms with E-state index in [1.807, 2.05) is 10.5 Å². The number of aromatic nitrogens is 2. The molecule has 4 rings (SSSR count). The Bertz CT molecular complexity index is 926. The molecule has 1 aliphatic heterocycles. The van der Waals surface area contributed by atoms with E-state index in [9.17, 15) is 8.42 Å². The third-order valence-corrected chi connectivity index (χ3v) is 7.34. The van der Waals surface area contributed by atoms with Gasteiger partial charge in [0, 0.05) is 31.9 Å². The second-order valence-electron chi connectivity index (χ2n) is 6.83. The average molecular weight is 359 g/mol. The van der Waals surface area contributed by atoms with Crippen LogP contribution in [0, 0.1) is 11.3 Å². The molecule has 0 radical (unpaired) electrons. The number of fused-ring (bicyclic) bond motifs is 1. The van der Waals surface area contributed by atoms with E-state index >= 15 is 0 Å². The summed E-state index contributed by atoms with van der Waals surface area (Å²) in [5.74, 6) is 0. The molecule has 0 amide bonds. The number of nitriles is 1.